The van der Waals surface area contributed by atoms with Gasteiger partial charge in [-0.2, -0.15) is 0 Å². The quantitative estimate of drug-likeness (QED) is 0.569. The van der Waals surface area contributed by atoms with Gasteiger partial charge in [0.15, 0.2) is 0 Å². The Labute approximate surface area is 109 Å². The first kappa shape index (κ1) is 16.7. The molecule has 0 rings (SSSR count). The monoisotopic (exact) mass is 258 g/mol. The van der Waals surface area contributed by atoms with Gasteiger partial charge in [0.2, 0.25) is 5.91 Å². The van der Waals surface area contributed by atoms with E-state index in [4.69, 9.17) is 0 Å². The van der Waals surface area contributed by atoms with Crippen LogP contribution in [0.1, 0.15) is 27.2 Å². The Kier molecular flexibility index (Phi) is 7.35. The van der Waals surface area contributed by atoms with Crippen LogP contribution in [0.3, 0.4) is 0 Å². The molecule has 0 aromatic rings. The van der Waals surface area contributed by atoms with Crippen LogP contribution < -0.4 is 16.0 Å². The van der Waals surface area contributed by atoms with Gasteiger partial charge >= 0.3 is 6.03 Å². The Bertz CT molecular complexity index is 277. The van der Waals surface area contributed by atoms with Gasteiger partial charge in [0.25, 0.3) is 0 Å². The van der Waals surface area contributed by atoms with Crippen LogP contribution in [-0.2, 0) is 4.79 Å². The molecule has 6 heteroatoms. The zero-order chi connectivity index (χ0) is 14.2. The number of hydrogen-bond acceptors (Lipinski definition) is 3. The van der Waals surface area contributed by atoms with Crippen molar-refractivity contribution in [2.24, 2.45) is 0 Å². The molecule has 0 spiro atoms. The Morgan fingerprint density at radius 3 is 2.28 bits per heavy atom. The van der Waals surface area contributed by atoms with Gasteiger partial charge in [-0.1, -0.05) is 6.92 Å². The van der Waals surface area contributed by atoms with Gasteiger partial charge in [-0.25, -0.2) is 4.79 Å². The molecule has 0 aromatic carbocycles. The van der Waals surface area contributed by atoms with E-state index in [2.05, 4.69) is 16.0 Å². The fraction of sp³-hybridized carbons (Fsp3) is 0.833. The van der Waals surface area contributed by atoms with Gasteiger partial charge in [0.05, 0.1) is 6.54 Å². The van der Waals surface area contributed by atoms with Gasteiger partial charge < -0.3 is 20.9 Å². The van der Waals surface area contributed by atoms with E-state index in [0.29, 0.717) is 13.1 Å². The smallest absolute Gasteiger partial charge is 0.316 e. The molecule has 0 saturated heterocycles. The van der Waals surface area contributed by atoms with E-state index in [9.17, 15) is 9.59 Å². The highest BCUT2D eigenvalue weighted by Crippen LogP contribution is 2.05. The summed E-state index contributed by atoms with van der Waals surface area (Å²) in [4.78, 5) is 24.2. The van der Waals surface area contributed by atoms with E-state index in [0.717, 1.165) is 6.42 Å². The fourth-order valence-electron chi connectivity index (χ4n) is 1.13. The predicted octanol–water partition coefficient (Wildman–Crippen LogP) is 0.152. The van der Waals surface area contributed by atoms with Crippen molar-refractivity contribution in [3.05, 3.63) is 0 Å². The van der Waals surface area contributed by atoms with Crippen LogP contribution in [-0.4, -0.2) is 56.1 Å². The molecule has 0 bridgehead atoms. The fourth-order valence-corrected chi connectivity index (χ4v) is 1.13. The summed E-state index contributed by atoms with van der Waals surface area (Å²) in [5.41, 5.74) is -0.169. The van der Waals surface area contributed by atoms with Gasteiger partial charge in [0.1, 0.15) is 0 Å². The number of rotatable bonds is 7. The highest BCUT2D eigenvalue weighted by molar-refractivity contribution is 5.78. The third-order valence-corrected chi connectivity index (χ3v) is 2.63. The molecule has 0 radical (unpaired) electrons. The van der Waals surface area contributed by atoms with Crippen molar-refractivity contribution in [1.29, 1.82) is 0 Å². The van der Waals surface area contributed by atoms with Crippen LogP contribution in [0, 0.1) is 0 Å². The SMILES string of the molecule is CCC(C)(C)NC(=O)CNCCNC(=O)N(C)C. The summed E-state index contributed by atoms with van der Waals surface area (Å²) in [7, 11) is 3.37. The summed E-state index contributed by atoms with van der Waals surface area (Å²) in [6.45, 7) is 7.34. The second-order valence-electron chi connectivity index (χ2n) is 5.09. The normalized spacial score (nSPS) is 10.9. The molecule has 3 N–H and O–H groups in total. The maximum absolute atomic E-state index is 11.6. The Balaban J connectivity index is 3.61. The van der Waals surface area contributed by atoms with Gasteiger partial charge in [-0.05, 0) is 20.3 Å². The lowest BCUT2D eigenvalue weighted by atomic mass is 10.0. The zero-order valence-corrected chi connectivity index (χ0v) is 12.1. The van der Waals surface area contributed by atoms with Gasteiger partial charge in [-0.15, -0.1) is 0 Å². The van der Waals surface area contributed by atoms with Gasteiger partial charge in [0, 0.05) is 32.7 Å². The molecule has 0 aliphatic heterocycles. The maximum atomic E-state index is 11.6. The standard InChI is InChI=1S/C12H26N4O2/c1-6-12(2,3)15-10(17)9-13-7-8-14-11(18)16(4)5/h13H,6-9H2,1-5H3,(H,14,18)(H,15,17). The van der Waals surface area contributed by atoms with E-state index in [1.807, 2.05) is 20.8 Å². The summed E-state index contributed by atoms with van der Waals surface area (Å²) in [5, 5.41) is 8.62. The number of urea groups is 1. The minimum atomic E-state index is -0.169. The molecule has 6 nitrogen and oxygen atoms in total. The summed E-state index contributed by atoms with van der Waals surface area (Å²) >= 11 is 0. The Morgan fingerprint density at radius 1 is 1.17 bits per heavy atom. The lowest BCUT2D eigenvalue weighted by molar-refractivity contribution is -0.121. The molecule has 18 heavy (non-hydrogen) atoms. The highest BCUT2D eigenvalue weighted by Gasteiger charge is 2.16. The van der Waals surface area contributed by atoms with Crippen LogP contribution in [0.25, 0.3) is 0 Å². The molecule has 0 aliphatic carbocycles. The predicted molar refractivity (Wildman–Crippen MR) is 72.5 cm³/mol. The highest BCUT2D eigenvalue weighted by atomic mass is 16.2. The average Bonchev–Trinajstić information content (AvgIpc) is 2.27. The molecular weight excluding hydrogens is 232 g/mol. The van der Waals surface area contributed by atoms with Crippen molar-refractivity contribution >= 4 is 11.9 Å². The number of carbonyl (C=O) groups excluding carboxylic acids is 2. The zero-order valence-electron chi connectivity index (χ0n) is 12.1. The third kappa shape index (κ3) is 7.89. The Morgan fingerprint density at radius 2 is 1.78 bits per heavy atom. The molecule has 3 amide bonds. The van der Waals surface area contributed by atoms with Crippen molar-refractivity contribution < 1.29 is 9.59 Å². The van der Waals surface area contributed by atoms with E-state index < -0.39 is 0 Å². The number of nitrogens with one attached hydrogen (secondary N) is 3. The molecule has 0 atom stereocenters. The van der Waals surface area contributed by atoms with Crippen molar-refractivity contribution in [2.75, 3.05) is 33.7 Å². The van der Waals surface area contributed by atoms with Crippen LogP contribution >= 0.6 is 0 Å². The second-order valence-corrected chi connectivity index (χ2v) is 5.09. The van der Waals surface area contributed by atoms with Crippen LogP contribution in [0.2, 0.25) is 0 Å². The third-order valence-electron chi connectivity index (χ3n) is 2.63. The number of carbonyl (C=O) groups is 2. The lowest BCUT2D eigenvalue weighted by Crippen LogP contribution is -2.47. The van der Waals surface area contributed by atoms with E-state index in [-0.39, 0.29) is 24.0 Å². The number of nitrogens with zero attached hydrogens (tertiary/aromatic N) is 1. The summed E-state index contributed by atoms with van der Waals surface area (Å²) in [6.07, 6.45) is 0.887. The lowest BCUT2D eigenvalue weighted by Gasteiger charge is -2.24. The van der Waals surface area contributed by atoms with Crippen molar-refractivity contribution in [3.63, 3.8) is 0 Å². The summed E-state index contributed by atoms with van der Waals surface area (Å²) < 4.78 is 0. The number of amides is 3. The van der Waals surface area contributed by atoms with Crippen molar-refractivity contribution in [1.82, 2.24) is 20.9 Å². The largest absolute Gasteiger partial charge is 0.350 e. The molecule has 0 aromatic heterocycles. The van der Waals surface area contributed by atoms with Gasteiger partial charge in [-0.3, -0.25) is 4.79 Å². The molecular formula is C12H26N4O2. The van der Waals surface area contributed by atoms with Crippen LogP contribution in [0.5, 0.6) is 0 Å². The summed E-state index contributed by atoms with van der Waals surface area (Å²) in [6, 6.07) is -0.131. The average molecular weight is 258 g/mol. The molecule has 0 saturated carbocycles. The first-order valence-corrected chi connectivity index (χ1v) is 6.25. The van der Waals surface area contributed by atoms with Crippen molar-refractivity contribution in [2.45, 2.75) is 32.7 Å². The first-order valence-electron chi connectivity index (χ1n) is 6.25. The topological polar surface area (TPSA) is 73.5 Å². The number of hydrogen-bond donors (Lipinski definition) is 3. The molecule has 106 valence electrons. The van der Waals surface area contributed by atoms with Crippen molar-refractivity contribution in [3.8, 4) is 0 Å². The molecule has 0 unspecified atom stereocenters. The molecule has 0 aliphatic rings. The summed E-state index contributed by atoms with van der Waals surface area (Å²) in [5.74, 6) is -0.0270. The Hall–Kier alpha value is -1.30. The molecule has 0 fully saturated rings. The minimum Gasteiger partial charge on any atom is -0.350 e. The minimum absolute atomic E-state index is 0.0270. The first-order chi connectivity index (χ1) is 8.28. The molecule has 0 heterocycles. The van der Waals surface area contributed by atoms with E-state index >= 15 is 0 Å². The van der Waals surface area contributed by atoms with Crippen LogP contribution in [0.4, 0.5) is 4.79 Å². The second kappa shape index (κ2) is 7.92. The maximum Gasteiger partial charge on any atom is 0.316 e. The van der Waals surface area contributed by atoms with Crippen LogP contribution in [0.15, 0.2) is 0 Å². The van der Waals surface area contributed by atoms with E-state index in [1.54, 1.807) is 14.1 Å². The van der Waals surface area contributed by atoms with E-state index in [1.165, 1.54) is 4.90 Å².